The van der Waals surface area contributed by atoms with Gasteiger partial charge in [-0.05, 0) is 57.2 Å². The van der Waals surface area contributed by atoms with Crippen LogP contribution >= 0.6 is 0 Å². The Hall–Kier alpha value is -3.79. The van der Waals surface area contributed by atoms with Crippen molar-refractivity contribution >= 4 is 40.7 Å². The van der Waals surface area contributed by atoms with Gasteiger partial charge in [-0.3, -0.25) is 29.2 Å². The molecular weight excluding hydrogens is 510 g/mol. The van der Waals surface area contributed by atoms with Crippen LogP contribution in [-0.2, 0) is 30.5 Å². The van der Waals surface area contributed by atoms with Gasteiger partial charge >= 0.3 is 5.97 Å². The van der Waals surface area contributed by atoms with Crippen LogP contribution in [0, 0.1) is 11.3 Å². The molecule has 3 heterocycles. The first-order valence-corrected chi connectivity index (χ1v) is 13.8. The van der Waals surface area contributed by atoms with E-state index in [0.29, 0.717) is 25.9 Å². The molecule has 0 radical (unpaired) electrons. The summed E-state index contributed by atoms with van der Waals surface area (Å²) < 4.78 is 5.70. The Kier molecular flexibility index (Phi) is 8.58. The Morgan fingerprint density at radius 3 is 2.52 bits per heavy atom. The number of pyridine rings is 1. The fraction of sp³-hybridized carbons (Fsp3) is 0.500. The Labute approximate surface area is 235 Å². The van der Waals surface area contributed by atoms with Crippen molar-refractivity contribution in [2.75, 3.05) is 13.6 Å². The van der Waals surface area contributed by atoms with E-state index in [4.69, 9.17) is 9.72 Å². The van der Waals surface area contributed by atoms with Gasteiger partial charge in [-0.25, -0.2) is 5.43 Å². The Balaban J connectivity index is 1.70. The first-order chi connectivity index (χ1) is 18.9. The van der Waals surface area contributed by atoms with Crippen LogP contribution in [0.2, 0.25) is 0 Å². The van der Waals surface area contributed by atoms with Gasteiger partial charge in [0.1, 0.15) is 12.1 Å². The number of hydrogen-bond donors (Lipinski definition) is 2. The molecule has 1 fully saturated rings. The number of ether oxygens (including phenoxy) is 1. The molecule has 5 bridgehead atoms. The Morgan fingerprint density at radius 2 is 1.80 bits per heavy atom. The van der Waals surface area contributed by atoms with Gasteiger partial charge < -0.3 is 15.0 Å². The lowest BCUT2D eigenvalue weighted by atomic mass is 9.92. The van der Waals surface area contributed by atoms with Gasteiger partial charge in [-0.15, -0.1) is 0 Å². The first-order valence-electron chi connectivity index (χ1n) is 13.8. The van der Waals surface area contributed by atoms with Gasteiger partial charge in [-0.2, -0.15) is 0 Å². The summed E-state index contributed by atoms with van der Waals surface area (Å²) in [6.07, 6.45) is 3.71. The summed E-state index contributed by atoms with van der Waals surface area (Å²) in [6, 6.07) is 8.22. The summed E-state index contributed by atoms with van der Waals surface area (Å²) in [5.41, 5.74) is 4.39. The quantitative estimate of drug-likeness (QED) is 0.525. The van der Waals surface area contributed by atoms with Gasteiger partial charge in [0.25, 0.3) is 11.8 Å². The molecule has 10 nitrogen and oxygen atoms in total. The third-order valence-corrected chi connectivity index (χ3v) is 7.35. The predicted molar refractivity (Wildman–Crippen MR) is 151 cm³/mol. The van der Waals surface area contributed by atoms with Crippen molar-refractivity contribution in [1.29, 1.82) is 0 Å². The highest BCUT2D eigenvalue weighted by atomic mass is 16.5. The number of likely N-dealkylation sites (N-methyl/N-ethyl adjacent to an activating group) is 1. The summed E-state index contributed by atoms with van der Waals surface area (Å²) in [6.45, 7) is 9.31. The molecule has 1 aromatic heterocycles. The maximum Gasteiger partial charge on any atom is 0.316 e. The molecule has 3 amide bonds. The molecule has 1 aromatic carbocycles. The molecule has 2 aromatic rings. The maximum absolute atomic E-state index is 13.3. The summed E-state index contributed by atoms with van der Waals surface area (Å²) in [4.78, 5) is 59.2. The van der Waals surface area contributed by atoms with E-state index in [1.165, 1.54) is 5.01 Å². The number of rotatable bonds is 1. The molecule has 1 saturated heterocycles. The molecule has 0 spiro atoms. The van der Waals surface area contributed by atoms with E-state index in [1.54, 1.807) is 52.6 Å². The predicted octanol–water partition coefficient (Wildman–Crippen LogP) is 2.81. The van der Waals surface area contributed by atoms with Crippen molar-refractivity contribution in [3.63, 3.8) is 0 Å². The highest BCUT2D eigenvalue weighted by Gasteiger charge is 2.36. The van der Waals surface area contributed by atoms with Gasteiger partial charge in [0.15, 0.2) is 6.10 Å². The van der Waals surface area contributed by atoms with Crippen molar-refractivity contribution in [1.82, 2.24) is 25.6 Å². The number of carbonyl (C=O) groups is 4. The van der Waals surface area contributed by atoms with Crippen LogP contribution in [0.1, 0.15) is 58.7 Å². The van der Waals surface area contributed by atoms with E-state index >= 15 is 0 Å². The number of amides is 3. The van der Waals surface area contributed by atoms with Gasteiger partial charge in [0, 0.05) is 19.0 Å². The van der Waals surface area contributed by atoms with Gasteiger partial charge in [0.05, 0.1) is 23.2 Å². The minimum atomic E-state index is -1.08. The number of nitrogens with one attached hydrogen (secondary N) is 2. The van der Waals surface area contributed by atoms with Crippen molar-refractivity contribution in [3.8, 4) is 0 Å². The summed E-state index contributed by atoms with van der Waals surface area (Å²) in [7, 11) is 1.72. The first kappa shape index (κ1) is 29.2. The largest absolute Gasteiger partial charge is 0.451 e. The fourth-order valence-electron chi connectivity index (χ4n) is 4.80. The molecule has 2 aliphatic rings. The second-order valence-corrected chi connectivity index (χ2v) is 11.6. The standard InChI is InChI=1S/C30H39N5O5/c1-18(2)25-26(36)31-19(3)27(37)35-15-7-8-23(33-35)28(38)34(6)17-22-12-11-21-10-9-20(16-24(21)32-22)13-14-30(4,5)29(39)40-25/h9-14,16,18-19,23,25,33H,7-8,15,17H2,1-6H3,(H,31,36)/b14-13+/t19-,23-,25?/m0/s1. The number of hydrazine groups is 1. The lowest BCUT2D eigenvalue weighted by Crippen LogP contribution is -2.61. The maximum atomic E-state index is 13.3. The molecule has 4 rings (SSSR count). The van der Waals surface area contributed by atoms with E-state index in [2.05, 4.69) is 10.7 Å². The second-order valence-electron chi connectivity index (χ2n) is 11.6. The molecule has 0 aliphatic carbocycles. The molecule has 10 heteroatoms. The van der Waals surface area contributed by atoms with E-state index in [0.717, 1.165) is 22.2 Å². The molecule has 2 aliphatic heterocycles. The molecule has 2 N–H and O–H groups in total. The fourth-order valence-corrected chi connectivity index (χ4v) is 4.80. The topological polar surface area (TPSA) is 121 Å². The summed E-state index contributed by atoms with van der Waals surface area (Å²) in [5.74, 6) is -1.93. The summed E-state index contributed by atoms with van der Waals surface area (Å²) in [5, 5.41) is 5.05. The minimum absolute atomic E-state index is 0.146. The van der Waals surface area contributed by atoms with E-state index < -0.39 is 35.5 Å². The lowest BCUT2D eigenvalue weighted by molar-refractivity contribution is -0.165. The van der Waals surface area contributed by atoms with E-state index in [1.807, 2.05) is 36.4 Å². The van der Waals surface area contributed by atoms with Crippen LogP contribution in [0.3, 0.4) is 0 Å². The number of nitrogens with zero attached hydrogens (tertiary/aromatic N) is 3. The number of aromatic nitrogens is 1. The molecular formula is C30H39N5O5. The van der Waals surface area contributed by atoms with Gasteiger partial charge in [0.2, 0.25) is 5.91 Å². The van der Waals surface area contributed by atoms with Crippen molar-refractivity contribution in [2.24, 2.45) is 11.3 Å². The normalized spacial score (nSPS) is 25.6. The lowest BCUT2D eigenvalue weighted by Gasteiger charge is -2.36. The van der Waals surface area contributed by atoms with Crippen LogP contribution in [0.5, 0.6) is 0 Å². The van der Waals surface area contributed by atoms with Crippen molar-refractivity contribution in [3.05, 3.63) is 47.7 Å². The number of hydrogen-bond acceptors (Lipinski definition) is 7. The zero-order valence-electron chi connectivity index (χ0n) is 24.1. The van der Waals surface area contributed by atoms with Crippen LogP contribution in [0.4, 0.5) is 0 Å². The zero-order chi connectivity index (χ0) is 29.2. The van der Waals surface area contributed by atoms with E-state index in [-0.39, 0.29) is 17.7 Å². The van der Waals surface area contributed by atoms with E-state index in [9.17, 15) is 19.2 Å². The zero-order valence-corrected chi connectivity index (χ0v) is 24.1. The highest BCUT2D eigenvalue weighted by molar-refractivity contribution is 5.91. The smallest absolute Gasteiger partial charge is 0.316 e. The number of carbonyl (C=O) groups excluding carboxylic acids is 4. The number of benzene rings is 1. The minimum Gasteiger partial charge on any atom is -0.451 e. The average molecular weight is 550 g/mol. The Morgan fingerprint density at radius 1 is 1.07 bits per heavy atom. The third-order valence-electron chi connectivity index (χ3n) is 7.35. The van der Waals surface area contributed by atoms with Crippen LogP contribution in [-0.4, -0.2) is 70.4 Å². The highest BCUT2D eigenvalue weighted by Crippen LogP contribution is 2.25. The monoisotopic (exact) mass is 549 g/mol. The number of fused-ring (bicyclic) bond motifs is 4. The molecule has 0 saturated carbocycles. The number of esters is 1. The molecule has 1 unspecified atom stereocenters. The number of cyclic esters (lactones) is 1. The van der Waals surface area contributed by atoms with Crippen LogP contribution in [0.15, 0.2) is 36.4 Å². The molecule has 3 atom stereocenters. The average Bonchev–Trinajstić information content (AvgIpc) is 2.92. The van der Waals surface area contributed by atoms with Crippen LogP contribution in [0.25, 0.3) is 17.0 Å². The molecule has 214 valence electrons. The van der Waals surface area contributed by atoms with Gasteiger partial charge in [-0.1, -0.05) is 44.2 Å². The van der Waals surface area contributed by atoms with Crippen LogP contribution < -0.4 is 10.7 Å². The Bertz CT molecular complexity index is 1340. The molecule has 40 heavy (non-hydrogen) atoms. The summed E-state index contributed by atoms with van der Waals surface area (Å²) >= 11 is 0. The van der Waals surface area contributed by atoms with Crippen molar-refractivity contribution < 1.29 is 23.9 Å². The second kappa shape index (κ2) is 11.8. The SMILES string of the molecule is CC(C)C1OC(=O)C(C)(C)/C=C/c2ccc3ccc(nc3c2)CN(C)C(=O)[C@@H]2CCCN(N2)C(=O)[C@H](C)NC1=O. The van der Waals surface area contributed by atoms with Crippen molar-refractivity contribution in [2.45, 2.75) is 72.2 Å². The third kappa shape index (κ3) is 6.50.